The molecule has 0 bridgehead atoms. The van der Waals surface area contributed by atoms with Crippen molar-refractivity contribution in [2.75, 3.05) is 0 Å². The predicted molar refractivity (Wildman–Crippen MR) is 97.7 cm³/mol. The zero-order valence-corrected chi connectivity index (χ0v) is 15.8. The molecule has 2 aromatic carbocycles. The van der Waals surface area contributed by atoms with Crippen molar-refractivity contribution in [1.82, 2.24) is 5.43 Å². The second-order valence-corrected chi connectivity index (χ2v) is 6.94. The number of phenolic OH excluding ortho intramolecular Hbond substituents is 1. The monoisotopic (exact) mass is 522 g/mol. The molecular weight excluding hydrogens is 515 g/mol. The lowest BCUT2D eigenvalue weighted by Crippen LogP contribution is -2.18. The van der Waals surface area contributed by atoms with Crippen LogP contribution in [0.3, 0.4) is 0 Å². The maximum absolute atomic E-state index is 11.9. The number of nitrogens with zero attached hydrogens (tertiary/aromatic N) is 1. The summed E-state index contributed by atoms with van der Waals surface area (Å²) >= 11 is 8.67. The number of hydrazone groups is 1. The maximum Gasteiger partial charge on any atom is 0.272 e. The van der Waals surface area contributed by atoms with E-state index in [-0.39, 0.29) is 11.7 Å². The van der Waals surface area contributed by atoms with Crippen LogP contribution < -0.4 is 5.43 Å². The van der Waals surface area contributed by atoms with Gasteiger partial charge in [-0.25, -0.2) is 5.43 Å². The van der Waals surface area contributed by atoms with E-state index in [9.17, 15) is 9.90 Å². The Morgan fingerprint density at radius 2 is 2.00 bits per heavy atom. The van der Waals surface area contributed by atoms with E-state index < -0.39 is 0 Å². The van der Waals surface area contributed by atoms with Crippen molar-refractivity contribution in [1.29, 1.82) is 0 Å². The van der Waals surface area contributed by atoms with E-state index in [0.29, 0.717) is 19.2 Å². The molecule has 0 fully saturated rings. The van der Waals surface area contributed by atoms with Gasteiger partial charge in [0.2, 0.25) is 0 Å². The molecule has 2 N–H and O–H groups in total. The van der Waals surface area contributed by atoms with Gasteiger partial charge in [0.25, 0.3) is 5.91 Å². The summed E-state index contributed by atoms with van der Waals surface area (Å²) in [5.74, 6) is -0.208. The van der Waals surface area contributed by atoms with Crippen LogP contribution in [0.25, 0.3) is 0 Å². The van der Waals surface area contributed by atoms with Crippen LogP contribution in [-0.4, -0.2) is 17.2 Å². The van der Waals surface area contributed by atoms with Gasteiger partial charge in [-0.2, -0.15) is 5.10 Å². The van der Waals surface area contributed by atoms with Crippen molar-refractivity contribution in [3.05, 3.63) is 60.0 Å². The highest BCUT2D eigenvalue weighted by Crippen LogP contribution is 2.27. The number of carbonyl (C=O) groups is 1. The van der Waals surface area contributed by atoms with Gasteiger partial charge in [-0.1, -0.05) is 28.1 Å². The summed E-state index contributed by atoms with van der Waals surface area (Å²) in [6.45, 7) is 0. The second kappa shape index (κ2) is 7.37. The van der Waals surface area contributed by atoms with Gasteiger partial charge in [0.1, 0.15) is 5.75 Å². The summed E-state index contributed by atoms with van der Waals surface area (Å²) in [6, 6.07) is 10.6. The Labute approximate surface area is 152 Å². The molecule has 4 nitrogen and oxygen atoms in total. The number of phenols is 1. The minimum Gasteiger partial charge on any atom is -0.506 e. The standard InChI is InChI=1S/C14H9Br2IN2O2/c15-9-5-8(13(20)12(17)6-9)7-18-19-14(21)10-3-1-2-4-11(10)16/h1-7,20H,(H,19,21)/b18-7-. The van der Waals surface area contributed by atoms with E-state index >= 15 is 0 Å². The van der Waals surface area contributed by atoms with E-state index in [2.05, 4.69) is 42.4 Å². The molecule has 0 saturated carbocycles. The quantitative estimate of drug-likeness (QED) is 0.358. The van der Waals surface area contributed by atoms with Gasteiger partial charge in [0, 0.05) is 14.5 Å². The summed E-state index contributed by atoms with van der Waals surface area (Å²) in [6.07, 6.45) is 1.40. The molecule has 0 spiro atoms. The molecule has 0 aliphatic carbocycles. The van der Waals surface area contributed by atoms with E-state index in [1.165, 1.54) is 6.21 Å². The molecule has 0 aliphatic heterocycles. The van der Waals surface area contributed by atoms with Crippen LogP contribution in [0, 0.1) is 3.57 Å². The fourth-order valence-electron chi connectivity index (χ4n) is 1.55. The van der Waals surface area contributed by atoms with Gasteiger partial charge >= 0.3 is 0 Å². The van der Waals surface area contributed by atoms with Crippen LogP contribution in [0.15, 0.2) is 50.4 Å². The third-order valence-corrected chi connectivity index (χ3v) is 4.52. The fraction of sp³-hybridized carbons (Fsp3) is 0. The smallest absolute Gasteiger partial charge is 0.272 e. The number of hydrogen-bond donors (Lipinski definition) is 2. The number of hydrogen-bond acceptors (Lipinski definition) is 3. The predicted octanol–water partition coefficient (Wildman–Crippen LogP) is 4.29. The Balaban J connectivity index is 2.13. The van der Waals surface area contributed by atoms with Crippen molar-refractivity contribution in [3.63, 3.8) is 0 Å². The molecule has 0 saturated heterocycles. The minimum atomic E-state index is -0.331. The van der Waals surface area contributed by atoms with Crippen molar-refractivity contribution in [3.8, 4) is 5.75 Å². The number of halogens is 3. The first-order valence-electron chi connectivity index (χ1n) is 5.75. The molecular formula is C14H9Br2IN2O2. The fourth-order valence-corrected chi connectivity index (χ4v) is 3.57. The van der Waals surface area contributed by atoms with Gasteiger partial charge < -0.3 is 5.11 Å². The lowest BCUT2D eigenvalue weighted by molar-refractivity contribution is 0.0954. The summed E-state index contributed by atoms with van der Waals surface area (Å²) in [7, 11) is 0. The van der Waals surface area contributed by atoms with Crippen molar-refractivity contribution in [2.45, 2.75) is 0 Å². The van der Waals surface area contributed by atoms with Gasteiger partial charge in [-0.3, -0.25) is 4.79 Å². The Morgan fingerprint density at radius 1 is 1.29 bits per heavy atom. The van der Waals surface area contributed by atoms with E-state index in [0.717, 1.165) is 4.47 Å². The molecule has 2 rings (SSSR count). The summed E-state index contributed by atoms with van der Waals surface area (Å²) < 4.78 is 2.21. The largest absolute Gasteiger partial charge is 0.506 e. The van der Waals surface area contributed by atoms with Crippen LogP contribution in [0.4, 0.5) is 0 Å². The lowest BCUT2D eigenvalue weighted by atomic mass is 10.2. The molecule has 7 heteroatoms. The van der Waals surface area contributed by atoms with E-state index in [1.54, 1.807) is 30.3 Å². The summed E-state index contributed by atoms with van der Waals surface area (Å²) in [5.41, 5.74) is 3.43. The number of aromatic hydroxyl groups is 1. The van der Waals surface area contributed by atoms with Gasteiger partial charge in [-0.15, -0.1) is 0 Å². The average Bonchev–Trinajstić information content (AvgIpc) is 2.44. The Bertz CT molecular complexity index is 720. The molecule has 108 valence electrons. The van der Waals surface area contributed by atoms with Crippen LogP contribution in [0.2, 0.25) is 0 Å². The highest BCUT2D eigenvalue weighted by atomic mass is 127. The molecule has 0 unspecified atom stereocenters. The third kappa shape index (κ3) is 4.27. The normalized spacial score (nSPS) is 10.8. The lowest BCUT2D eigenvalue weighted by Gasteiger charge is -2.04. The number of carbonyl (C=O) groups excluding carboxylic acids is 1. The topological polar surface area (TPSA) is 61.7 Å². The van der Waals surface area contributed by atoms with Crippen LogP contribution in [-0.2, 0) is 0 Å². The molecule has 1 amide bonds. The zero-order valence-electron chi connectivity index (χ0n) is 10.5. The highest BCUT2D eigenvalue weighted by Gasteiger charge is 2.08. The van der Waals surface area contributed by atoms with E-state index in [1.807, 2.05) is 28.7 Å². The third-order valence-electron chi connectivity index (χ3n) is 2.55. The van der Waals surface area contributed by atoms with Crippen molar-refractivity contribution in [2.24, 2.45) is 5.10 Å². The summed E-state index contributed by atoms with van der Waals surface area (Å²) in [4.78, 5) is 11.9. The first kappa shape index (κ1) is 16.4. The number of rotatable bonds is 3. The average molecular weight is 524 g/mol. The molecule has 21 heavy (non-hydrogen) atoms. The summed E-state index contributed by atoms with van der Waals surface area (Å²) in [5, 5.41) is 13.8. The van der Waals surface area contributed by atoms with Gasteiger partial charge in [0.05, 0.1) is 15.3 Å². The molecule has 2 aromatic rings. The minimum absolute atomic E-state index is 0.123. The van der Waals surface area contributed by atoms with Crippen LogP contribution in [0.5, 0.6) is 5.75 Å². The van der Waals surface area contributed by atoms with Crippen molar-refractivity contribution < 1.29 is 9.90 Å². The maximum atomic E-state index is 11.9. The van der Waals surface area contributed by atoms with Crippen molar-refractivity contribution >= 4 is 66.6 Å². The zero-order chi connectivity index (χ0) is 15.4. The molecule has 0 atom stereocenters. The molecule has 0 radical (unpaired) electrons. The number of nitrogens with one attached hydrogen (secondary N) is 1. The first-order valence-corrected chi connectivity index (χ1v) is 8.41. The molecule has 0 aliphatic rings. The van der Waals surface area contributed by atoms with Crippen LogP contribution in [0.1, 0.15) is 15.9 Å². The van der Waals surface area contributed by atoms with Crippen LogP contribution >= 0.6 is 54.5 Å². The number of amides is 1. The molecule has 0 aromatic heterocycles. The Kier molecular flexibility index (Phi) is 5.77. The Hall–Kier alpha value is -0.930. The number of benzene rings is 2. The highest BCUT2D eigenvalue weighted by molar-refractivity contribution is 14.1. The molecule has 0 heterocycles. The first-order chi connectivity index (χ1) is 9.99. The van der Waals surface area contributed by atoms with Gasteiger partial charge in [0.15, 0.2) is 0 Å². The van der Waals surface area contributed by atoms with E-state index in [4.69, 9.17) is 0 Å². The SMILES string of the molecule is O=C(N/N=C\c1cc(Br)cc(I)c1O)c1ccccc1Br. The second-order valence-electron chi connectivity index (χ2n) is 4.00. The Morgan fingerprint density at radius 3 is 2.71 bits per heavy atom. The van der Waals surface area contributed by atoms with Gasteiger partial charge in [-0.05, 0) is 62.8 Å².